The van der Waals surface area contributed by atoms with E-state index in [1.54, 1.807) is 18.3 Å². The lowest BCUT2D eigenvalue weighted by Gasteiger charge is -2.36. The summed E-state index contributed by atoms with van der Waals surface area (Å²) in [7, 11) is 0. The molecule has 28 heavy (non-hydrogen) atoms. The van der Waals surface area contributed by atoms with Crippen LogP contribution in [0.5, 0.6) is 0 Å². The molecule has 0 aromatic carbocycles. The first-order chi connectivity index (χ1) is 13.3. The highest BCUT2D eigenvalue weighted by Gasteiger charge is 2.39. The van der Waals surface area contributed by atoms with E-state index in [1.165, 1.54) is 0 Å². The molecule has 6 nitrogen and oxygen atoms in total. The highest BCUT2D eigenvalue weighted by molar-refractivity contribution is 9.10. The minimum Gasteiger partial charge on any atom is -0.476 e. The van der Waals surface area contributed by atoms with Gasteiger partial charge in [0.1, 0.15) is 5.82 Å². The number of rotatable bonds is 3. The summed E-state index contributed by atoms with van der Waals surface area (Å²) in [5.74, 6) is -0.602. The van der Waals surface area contributed by atoms with E-state index >= 15 is 0 Å². The number of carboxylic acids is 1. The number of carboxylic acid groups (broad SMARTS) is 1. The van der Waals surface area contributed by atoms with Crippen molar-refractivity contribution in [2.45, 2.75) is 19.9 Å². The summed E-state index contributed by atoms with van der Waals surface area (Å²) in [4.78, 5) is 20.4. The predicted octanol–water partition coefficient (Wildman–Crippen LogP) is 5.49. The summed E-state index contributed by atoms with van der Waals surface area (Å²) in [6.07, 6.45) is 5.36. The van der Waals surface area contributed by atoms with E-state index in [-0.39, 0.29) is 11.6 Å². The fraction of sp³-hybridized carbons (Fsp3) is 0.211. The van der Waals surface area contributed by atoms with Gasteiger partial charge in [-0.2, -0.15) is 0 Å². The highest BCUT2D eigenvalue weighted by Crippen LogP contribution is 2.48. The molecule has 2 aromatic rings. The van der Waals surface area contributed by atoms with Gasteiger partial charge in [0.05, 0.1) is 11.7 Å². The summed E-state index contributed by atoms with van der Waals surface area (Å²) in [6.45, 7) is 3.96. The van der Waals surface area contributed by atoms with Crippen LogP contribution in [-0.2, 0) is 0 Å². The van der Waals surface area contributed by atoms with Crippen LogP contribution in [0.25, 0.3) is 5.70 Å². The van der Waals surface area contributed by atoms with Gasteiger partial charge in [0.15, 0.2) is 10.4 Å². The molecular formula is C19H15BrCl2N4O2. The molecule has 2 atom stereocenters. The van der Waals surface area contributed by atoms with E-state index in [0.29, 0.717) is 21.3 Å². The van der Waals surface area contributed by atoms with E-state index < -0.39 is 12.0 Å². The molecule has 144 valence electrons. The number of pyridine rings is 1. The Morgan fingerprint density at radius 3 is 2.79 bits per heavy atom. The zero-order valence-electron chi connectivity index (χ0n) is 14.9. The molecule has 2 unspecified atom stereocenters. The van der Waals surface area contributed by atoms with Crippen molar-refractivity contribution >= 4 is 56.6 Å². The molecule has 0 saturated carbocycles. The van der Waals surface area contributed by atoms with Crippen LogP contribution in [0, 0.1) is 5.92 Å². The third-order valence-electron chi connectivity index (χ3n) is 4.98. The number of hydrogen-bond acceptors (Lipinski definition) is 4. The zero-order chi connectivity index (χ0) is 20.2. The summed E-state index contributed by atoms with van der Waals surface area (Å²) in [6, 6.07) is 2.88. The van der Waals surface area contributed by atoms with Crippen LogP contribution in [-0.4, -0.2) is 25.6 Å². The van der Waals surface area contributed by atoms with Crippen molar-refractivity contribution in [3.8, 4) is 0 Å². The Labute approximate surface area is 179 Å². The third-order valence-corrected chi connectivity index (χ3v) is 6.20. The summed E-state index contributed by atoms with van der Waals surface area (Å²) >= 11 is 15.9. The summed E-state index contributed by atoms with van der Waals surface area (Å²) < 4.78 is 2.23. The first kappa shape index (κ1) is 19.2. The van der Waals surface area contributed by atoms with Gasteiger partial charge in [-0.15, -0.1) is 0 Å². The SMILES string of the molecule is CC1=C2C(=CC=C(Cl)C2C)C(Nc2cc(Cl)ccn2)c2c(C(=O)O)nc(Br)n21. The van der Waals surface area contributed by atoms with Gasteiger partial charge in [-0.05, 0) is 52.2 Å². The van der Waals surface area contributed by atoms with E-state index in [2.05, 4.69) is 31.2 Å². The number of nitrogens with one attached hydrogen (secondary N) is 1. The average Bonchev–Trinajstić information content (AvgIpc) is 2.99. The van der Waals surface area contributed by atoms with Crippen molar-refractivity contribution in [1.29, 1.82) is 0 Å². The average molecular weight is 482 g/mol. The number of aromatic nitrogens is 3. The topological polar surface area (TPSA) is 80.0 Å². The lowest BCUT2D eigenvalue weighted by atomic mass is 9.80. The van der Waals surface area contributed by atoms with Crippen molar-refractivity contribution in [3.63, 3.8) is 0 Å². The van der Waals surface area contributed by atoms with Gasteiger partial charge in [0.25, 0.3) is 0 Å². The smallest absolute Gasteiger partial charge is 0.356 e. The molecule has 2 aliphatic rings. The summed E-state index contributed by atoms with van der Waals surface area (Å²) in [5, 5.41) is 14.3. The maximum absolute atomic E-state index is 11.9. The van der Waals surface area contributed by atoms with E-state index in [1.807, 2.05) is 30.6 Å². The van der Waals surface area contributed by atoms with Crippen LogP contribution in [0.1, 0.15) is 36.1 Å². The van der Waals surface area contributed by atoms with E-state index in [4.69, 9.17) is 23.2 Å². The Bertz CT molecular complexity index is 1100. The van der Waals surface area contributed by atoms with Crippen molar-refractivity contribution in [3.05, 3.63) is 67.8 Å². The van der Waals surface area contributed by atoms with Crippen molar-refractivity contribution < 1.29 is 9.90 Å². The zero-order valence-corrected chi connectivity index (χ0v) is 18.0. The molecule has 0 spiro atoms. The van der Waals surface area contributed by atoms with Gasteiger partial charge in [0.2, 0.25) is 0 Å². The van der Waals surface area contributed by atoms with Gasteiger partial charge < -0.3 is 10.4 Å². The summed E-state index contributed by atoms with van der Waals surface area (Å²) in [5.41, 5.74) is 3.32. The number of nitrogens with zero attached hydrogens (tertiary/aromatic N) is 3. The number of imidazole rings is 1. The van der Waals surface area contributed by atoms with E-state index in [0.717, 1.165) is 21.9 Å². The highest BCUT2D eigenvalue weighted by atomic mass is 79.9. The van der Waals surface area contributed by atoms with Gasteiger partial charge in [-0.25, -0.2) is 14.8 Å². The second-order valence-electron chi connectivity index (χ2n) is 6.59. The molecule has 1 aliphatic heterocycles. The van der Waals surface area contributed by atoms with Gasteiger partial charge in [-0.3, -0.25) is 4.57 Å². The maximum atomic E-state index is 11.9. The number of carbonyl (C=O) groups is 1. The van der Waals surface area contributed by atoms with Crippen LogP contribution in [0.3, 0.4) is 0 Å². The second-order valence-corrected chi connectivity index (χ2v) is 8.17. The van der Waals surface area contributed by atoms with Gasteiger partial charge in [0, 0.05) is 27.9 Å². The van der Waals surface area contributed by atoms with Gasteiger partial charge >= 0.3 is 5.97 Å². The molecule has 0 saturated heterocycles. The van der Waals surface area contributed by atoms with Crippen molar-refractivity contribution in [2.75, 3.05) is 5.32 Å². The number of hydrogen-bond donors (Lipinski definition) is 2. The number of allylic oxidation sites excluding steroid dienone is 4. The molecule has 4 rings (SSSR count). The molecule has 2 aromatic heterocycles. The van der Waals surface area contributed by atoms with E-state index in [9.17, 15) is 9.90 Å². The third kappa shape index (κ3) is 2.98. The Balaban J connectivity index is 1.97. The van der Waals surface area contributed by atoms with Crippen LogP contribution in [0.4, 0.5) is 5.82 Å². The van der Waals surface area contributed by atoms with Crippen LogP contribution >= 0.6 is 39.1 Å². The van der Waals surface area contributed by atoms with Crippen molar-refractivity contribution in [1.82, 2.24) is 14.5 Å². The van der Waals surface area contributed by atoms with Crippen LogP contribution in [0.15, 0.2) is 51.4 Å². The fourth-order valence-electron chi connectivity index (χ4n) is 3.76. The lowest BCUT2D eigenvalue weighted by Crippen LogP contribution is -2.29. The second kappa shape index (κ2) is 7.06. The molecular weight excluding hydrogens is 467 g/mol. The predicted molar refractivity (Wildman–Crippen MR) is 113 cm³/mol. The number of aromatic carboxylic acids is 1. The Morgan fingerprint density at radius 2 is 2.11 bits per heavy atom. The Kier molecular flexibility index (Phi) is 4.85. The first-order valence-corrected chi connectivity index (χ1v) is 10.0. The maximum Gasteiger partial charge on any atom is 0.356 e. The Morgan fingerprint density at radius 1 is 1.36 bits per heavy atom. The first-order valence-electron chi connectivity index (χ1n) is 8.48. The number of fused-ring (bicyclic) bond motifs is 2. The van der Waals surface area contributed by atoms with Crippen LogP contribution in [0.2, 0.25) is 5.02 Å². The molecule has 0 radical (unpaired) electrons. The lowest BCUT2D eigenvalue weighted by molar-refractivity contribution is 0.0689. The molecule has 3 heterocycles. The molecule has 0 bridgehead atoms. The molecule has 0 amide bonds. The molecule has 9 heteroatoms. The minimum atomic E-state index is -1.10. The number of halogens is 3. The molecule has 1 aliphatic carbocycles. The standard InChI is InChI=1S/C19H15BrCl2N4O2/c1-8-12(22)4-3-11-14(8)9(2)26-17(16(18(27)28)25-19(26)20)15(11)24-13-7-10(21)5-6-23-13/h3-8,15H,1-2H3,(H,23,24)(H,27,28). The molecule has 0 fully saturated rings. The molecule has 2 N–H and O–H groups in total. The van der Waals surface area contributed by atoms with Gasteiger partial charge in [-0.1, -0.05) is 36.2 Å². The fourth-order valence-corrected chi connectivity index (χ4v) is 4.72. The number of anilines is 1. The minimum absolute atomic E-state index is 0.0287. The largest absolute Gasteiger partial charge is 0.476 e. The van der Waals surface area contributed by atoms with Crippen molar-refractivity contribution in [2.24, 2.45) is 5.92 Å². The quantitative estimate of drug-likeness (QED) is 0.605. The van der Waals surface area contributed by atoms with Crippen LogP contribution < -0.4 is 5.32 Å². The normalized spacial score (nSPS) is 20.9. The monoisotopic (exact) mass is 480 g/mol. The Hall–Kier alpha value is -2.09.